The van der Waals surface area contributed by atoms with E-state index in [0.717, 1.165) is 38.5 Å². The van der Waals surface area contributed by atoms with Crippen LogP contribution < -0.4 is 0 Å². The van der Waals surface area contributed by atoms with Crippen molar-refractivity contribution in [3.8, 4) is 0 Å². The number of carbonyl (C=O) groups is 1. The van der Waals surface area contributed by atoms with Crippen molar-refractivity contribution in [1.29, 1.82) is 0 Å². The van der Waals surface area contributed by atoms with Crippen molar-refractivity contribution in [2.75, 3.05) is 7.11 Å². The van der Waals surface area contributed by atoms with E-state index in [1.54, 1.807) is 0 Å². The van der Waals surface area contributed by atoms with Crippen LogP contribution >= 0.6 is 0 Å². The lowest BCUT2D eigenvalue weighted by Crippen LogP contribution is -2.65. The molecule has 23 heavy (non-hydrogen) atoms. The Hall–Kier alpha value is -0.650. The number of carbonyl (C=O) groups excluding carboxylic acids is 1. The zero-order chi connectivity index (χ0) is 16.0. The van der Waals surface area contributed by atoms with Crippen LogP contribution in [0.3, 0.4) is 0 Å². The van der Waals surface area contributed by atoms with Gasteiger partial charge in [-0.25, -0.2) is 4.79 Å². The van der Waals surface area contributed by atoms with Gasteiger partial charge >= 0.3 is 5.97 Å². The smallest absolute Gasteiger partial charge is 0.338 e. The van der Waals surface area contributed by atoms with Gasteiger partial charge in [-0.1, -0.05) is 0 Å². The Labute approximate surface area is 136 Å². The second-order valence-corrected chi connectivity index (χ2v) is 8.78. The van der Waals surface area contributed by atoms with E-state index in [1.807, 2.05) is 0 Å². The first-order chi connectivity index (χ1) is 11.0. The van der Waals surface area contributed by atoms with Gasteiger partial charge < -0.3 is 19.7 Å². The van der Waals surface area contributed by atoms with E-state index in [-0.39, 0.29) is 35.4 Å². The van der Waals surface area contributed by atoms with E-state index in [2.05, 4.69) is 0 Å². The van der Waals surface area contributed by atoms with Crippen molar-refractivity contribution in [2.24, 2.45) is 22.7 Å². The lowest BCUT2D eigenvalue weighted by molar-refractivity contribution is -0.214. The third kappa shape index (κ3) is 1.53. The van der Waals surface area contributed by atoms with Crippen LogP contribution in [0.25, 0.3) is 0 Å². The van der Waals surface area contributed by atoms with E-state index in [1.165, 1.54) is 7.11 Å². The molecule has 1 heterocycles. The Kier molecular flexibility index (Phi) is 2.74. The molecule has 2 N–H and O–H groups in total. The summed E-state index contributed by atoms with van der Waals surface area (Å²) in [7, 11) is 1.43. The maximum atomic E-state index is 12.8. The molecule has 128 valence electrons. The molecule has 0 aromatic rings. The molecule has 6 aliphatic rings. The molecular formula is C18H26O5. The predicted octanol–water partition coefficient (Wildman–Crippen LogP) is 1.40. The van der Waals surface area contributed by atoms with E-state index in [9.17, 15) is 15.0 Å². The fraction of sp³-hybridized carbons (Fsp3) is 0.944. The molecule has 1 unspecified atom stereocenters. The zero-order valence-corrected chi connectivity index (χ0v) is 13.7. The number of ether oxygens (including phenoxy) is 2. The highest BCUT2D eigenvalue weighted by atomic mass is 16.6. The minimum absolute atomic E-state index is 0.0336. The van der Waals surface area contributed by atoms with Crippen LogP contribution in [-0.2, 0) is 14.3 Å². The quantitative estimate of drug-likeness (QED) is 0.714. The van der Waals surface area contributed by atoms with Crippen molar-refractivity contribution >= 4 is 5.97 Å². The monoisotopic (exact) mass is 322 g/mol. The molecule has 1 aliphatic heterocycles. The Balaban J connectivity index is 1.67. The molecule has 6 rings (SSSR count). The van der Waals surface area contributed by atoms with Gasteiger partial charge in [-0.2, -0.15) is 0 Å². The second-order valence-electron chi connectivity index (χ2n) is 8.78. The maximum Gasteiger partial charge on any atom is 0.338 e. The molecule has 2 bridgehead atoms. The van der Waals surface area contributed by atoms with Crippen LogP contribution in [-0.4, -0.2) is 47.2 Å². The number of methoxy groups -OCH3 is 1. The van der Waals surface area contributed by atoms with E-state index < -0.39 is 17.1 Å². The van der Waals surface area contributed by atoms with Gasteiger partial charge in [0.25, 0.3) is 0 Å². The van der Waals surface area contributed by atoms with Gasteiger partial charge in [0.05, 0.1) is 25.4 Å². The topological polar surface area (TPSA) is 76.0 Å². The largest absolute Gasteiger partial charge is 0.467 e. The normalized spacial score (nSPS) is 55.3. The zero-order valence-electron chi connectivity index (χ0n) is 13.7. The average molecular weight is 322 g/mol. The highest BCUT2D eigenvalue weighted by Crippen LogP contribution is 2.73. The highest BCUT2D eigenvalue weighted by Gasteiger charge is 2.79. The summed E-state index contributed by atoms with van der Waals surface area (Å²) >= 11 is 0. The third-order valence-electron chi connectivity index (χ3n) is 8.09. The van der Waals surface area contributed by atoms with E-state index >= 15 is 0 Å². The standard InChI is InChI=1S/C18H26O5/c1-22-15(21)18-8-10-2-5-17(18,9-12(10)20)13-11(19)3-4-16(6-7-16)14(13)23-18/h10-14,19-20H,2-9H2,1H3/t10-,11-,12?,13+,14+,17-,18+/m1/s1. The fourth-order valence-electron chi connectivity index (χ4n) is 6.80. The predicted molar refractivity (Wildman–Crippen MR) is 80.4 cm³/mol. The summed E-state index contributed by atoms with van der Waals surface area (Å²) in [5, 5.41) is 21.4. The first-order valence-electron chi connectivity index (χ1n) is 9.10. The Morgan fingerprint density at radius 2 is 1.87 bits per heavy atom. The number of aliphatic hydroxyl groups is 2. The molecule has 6 fully saturated rings. The number of esters is 1. The Morgan fingerprint density at radius 3 is 2.52 bits per heavy atom. The van der Waals surface area contributed by atoms with Crippen molar-refractivity contribution in [3.05, 3.63) is 0 Å². The molecule has 2 spiro atoms. The second kappa shape index (κ2) is 4.30. The van der Waals surface area contributed by atoms with Gasteiger partial charge in [-0.05, 0) is 62.7 Å². The molecule has 0 aromatic carbocycles. The maximum absolute atomic E-state index is 12.8. The van der Waals surface area contributed by atoms with Crippen molar-refractivity contribution in [1.82, 2.24) is 0 Å². The minimum Gasteiger partial charge on any atom is -0.467 e. The van der Waals surface area contributed by atoms with Crippen LogP contribution in [0.2, 0.25) is 0 Å². The minimum atomic E-state index is -0.944. The van der Waals surface area contributed by atoms with Gasteiger partial charge in [0.1, 0.15) is 0 Å². The van der Waals surface area contributed by atoms with Crippen LogP contribution in [0, 0.1) is 22.7 Å². The van der Waals surface area contributed by atoms with E-state index in [0.29, 0.717) is 12.8 Å². The molecule has 5 aliphatic carbocycles. The van der Waals surface area contributed by atoms with Crippen molar-refractivity contribution < 1.29 is 24.5 Å². The highest BCUT2D eigenvalue weighted by molar-refractivity contribution is 5.82. The van der Waals surface area contributed by atoms with Gasteiger partial charge in [-0.15, -0.1) is 0 Å². The van der Waals surface area contributed by atoms with E-state index in [4.69, 9.17) is 9.47 Å². The summed E-state index contributed by atoms with van der Waals surface area (Å²) in [6.07, 6.45) is 6.11. The molecule has 0 amide bonds. The average Bonchev–Trinajstić information content (AvgIpc) is 3.25. The van der Waals surface area contributed by atoms with Crippen LogP contribution in [0.4, 0.5) is 0 Å². The molecular weight excluding hydrogens is 296 g/mol. The number of fused-ring (bicyclic) bond motifs is 4. The summed E-state index contributed by atoms with van der Waals surface area (Å²) in [4.78, 5) is 12.8. The molecule has 0 aromatic heterocycles. The summed E-state index contributed by atoms with van der Waals surface area (Å²) in [6.45, 7) is 0. The summed E-state index contributed by atoms with van der Waals surface area (Å²) in [5.74, 6) is -0.205. The Bertz CT molecular complexity index is 558. The molecule has 5 nitrogen and oxygen atoms in total. The number of hydrogen-bond donors (Lipinski definition) is 2. The summed E-state index contributed by atoms with van der Waals surface area (Å²) in [5.41, 5.74) is -1.23. The summed E-state index contributed by atoms with van der Waals surface area (Å²) in [6, 6.07) is 0. The van der Waals surface area contributed by atoms with Gasteiger partial charge in [0, 0.05) is 11.3 Å². The number of aliphatic hydroxyl groups excluding tert-OH is 2. The molecule has 0 radical (unpaired) electrons. The molecule has 5 saturated carbocycles. The van der Waals surface area contributed by atoms with Gasteiger partial charge in [0.2, 0.25) is 0 Å². The fourth-order valence-corrected chi connectivity index (χ4v) is 6.80. The molecule has 5 heteroatoms. The van der Waals surface area contributed by atoms with Crippen LogP contribution in [0.15, 0.2) is 0 Å². The number of rotatable bonds is 1. The molecule has 1 saturated heterocycles. The summed E-state index contributed by atoms with van der Waals surface area (Å²) < 4.78 is 11.8. The van der Waals surface area contributed by atoms with Crippen molar-refractivity contribution in [2.45, 2.75) is 75.3 Å². The third-order valence-corrected chi connectivity index (χ3v) is 8.09. The first kappa shape index (κ1) is 14.7. The van der Waals surface area contributed by atoms with Crippen LogP contribution in [0.1, 0.15) is 51.4 Å². The lowest BCUT2D eigenvalue weighted by atomic mass is 9.46. The number of hydrogen-bond acceptors (Lipinski definition) is 5. The first-order valence-corrected chi connectivity index (χ1v) is 9.10. The van der Waals surface area contributed by atoms with Crippen molar-refractivity contribution in [3.63, 3.8) is 0 Å². The van der Waals surface area contributed by atoms with Gasteiger partial charge in [0.15, 0.2) is 5.60 Å². The lowest BCUT2D eigenvalue weighted by Gasteiger charge is -2.58. The van der Waals surface area contributed by atoms with Gasteiger partial charge in [-0.3, -0.25) is 0 Å². The SMILES string of the molecule is COC(=O)[C@@]12C[C@H]3CC[C@@]1(CC3O)[C@H]1[C@H](O)CCC3(CC3)[C@H]1O2. The Morgan fingerprint density at radius 1 is 1.09 bits per heavy atom. The van der Waals surface area contributed by atoms with Crippen LogP contribution in [0.5, 0.6) is 0 Å². The molecule has 7 atom stereocenters.